The number of nitrogens with zero attached hydrogens (tertiary/aromatic N) is 1. The van der Waals surface area contributed by atoms with Crippen molar-refractivity contribution in [3.8, 4) is 0 Å². The van der Waals surface area contributed by atoms with Crippen LogP contribution in [0.5, 0.6) is 0 Å². The number of aliphatic hydroxyl groups excluding tert-OH is 7. The van der Waals surface area contributed by atoms with E-state index in [2.05, 4.69) is 5.32 Å². The van der Waals surface area contributed by atoms with E-state index in [0.29, 0.717) is 6.29 Å². The summed E-state index contributed by atoms with van der Waals surface area (Å²) in [6, 6.07) is 0. The summed E-state index contributed by atoms with van der Waals surface area (Å²) in [6.07, 6.45) is -15.6. The zero-order chi connectivity index (χ0) is 31.4. The van der Waals surface area contributed by atoms with Gasteiger partial charge in [-0.2, -0.15) is 5.06 Å². The second-order valence-electron chi connectivity index (χ2n) is 9.64. The number of carbonyl (C=O) groups excluding carboxylic acids is 4. The third-order valence-electron chi connectivity index (χ3n) is 6.52. The normalized spacial score (nSPS) is 33.0. The number of hydrogen-bond acceptors (Lipinski definition) is 16. The maximum atomic E-state index is 12.1. The van der Waals surface area contributed by atoms with E-state index in [0.717, 1.165) is 5.06 Å². The van der Waals surface area contributed by atoms with Gasteiger partial charge in [0.05, 0.1) is 19.8 Å². The third-order valence-corrected chi connectivity index (χ3v) is 6.52. The lowest BCUT2D eigenvalue weighted by atomic mass is 9.97. The SMILES string of the molecule is CN(OC(=O)CCCC(=O)NCCO[C@H]1OC(CO)[C@@H](O)C(O[C@H]2OC(CO)[C@@H](O)C(O)C2O)C1O)C(=O)CCC=O. The molecule has 18 heteroatoms. The van der Waals surface area contributed by atoms with Crippen LogP contribution >= 0.6 is 0 Å². The summed E-state index contributed by atoms with van der Waals surface area (Å²) in [5.41, 5.74) is 0. The van der Waals surface area contributed by atoms with Crippen molar-refractivity contribution in [1.29, 1.82) is 0 Å². The van der Waals surface area contributed by atoms with Gasteiger partial charge in [-0.1, -0.05) is 0 Å². The summed E-state index contributed by atoms with van der Waals surface area (Å²) >= 11 is 0. The highest BCUT2D eigenvalue weighted by molar-refractivity contribution is 5.80. The van der Waals surface area contributed by atoms with Crippen molar-refractivity contribution in [2.75, 3.05) is 33.4 Å². The maximum Gasteiger partial charge on any atom is 0.332 e. The standard InChI is InChI=1S/C24H40N2O16/c1-26(15(31)5-3-8-27)42-16(32)6-2-4-14(30)25-7-9-38-23-21(37)22(18(34)13(11-29)39-23)41-24-20(36)19(35)17(33)12(10-28)40-24/h8,12-13,17-24,28-29,33-37H,2-7,9-11H2,1H3,(H,25,30)/t12?,13?,17-,18-,19?,20?,21?,22?,23+,24-/m1/s1. The molecule has 18 nitrogen and oxygen atoms in total. The molecule has 6 unspecified atom stereocenters. The average Bonchev–Trinajstić information content (AvgIpc) is 2.96. The minimum Gasteiger partial charge on any atom is -0.394 e. The molecule has 0 aromatic carbocycles. The van der Waals surface area contributed by atoms with Crippen molar-refractivity contribution >= 4 is 24.1 Å². The molecule has 2 fully saturated rings. The predicted molar refractivity (Wildman–Crippen MR) is 133 cm³/mol. The number of amides is 2. The molecule has 0 aromatic heterocycles. The van der Waals surface area contributed by atoms with Crippen LogP contribution in [-0.2, 0) is 43.0 Å². The van der Waals surface area contributed by atoms with Crippen molar-refractivity contribution in [2.45, 2.75) is 93.5 Å². The van der Waals surface area contributed by atoms with Gasteiger partial charge in [-0.25, -0.2) is 4.79 Å². The summed E-state index contributed by atoms with van der Waals surface area (Å²) in [4.78, 5) is 50.6. The molecular formula is C24H40N2O16. The molecule has 8 N–H and O–H groups in total. The third kappa shape index (κ3) is 10.1. The average molecular weight is 613 g/mol. The van der Waals surface area contributed by atoms with E-state index in [-0.39, 0.29) is 45.3 Å². The molecule has 2 aliphatic heterocycles. The second kappa shape index (κ2) is 17.7. The molecule has 0 bridgehead atoms. The zero-order valence-corrected chi connectivity index (χ0v) is 23.0. The fraction of sp³-hybridized carbons (Fsp3) is 0.833. The van der Waals surface area contributed by atoms with E-state index in [4.69, 9.17) is 23.8 Å². The summed E-state index contributed by atoms with van der Waals surface area (Å²) in [6.45, 7) is -1.71. The van der Waals surface area contributed by atoms with Crippen LogP contribution < -0.4 is 5.32 Å². The zero-order valence-electron chi connectivity index (χ0n) is 23.0. The van der Waals surface area contributed by atoms with Crippen LogP contribution in [0.2, 0.25) is 0 Å². The molecule has 0 saturated carbocycles. The van der Waals surface area contributed by atoms with E-state index >= 15 is 0 Å². The molecule has 0 spiro atoms. The largest absolute Gasteiger partial charge is 0.394 e. The van der Waals surface area contributed by atoms with Gasteiger partial charge in [0.1, 0.15) is 55.1 Å². The molecule has 2 aliphatic rings. The van der Waals surface area contributed by atoms with Gasteiger partial charge in [-0.15, -0.1) is 0 Å². The van der Waals surface area contributed by atoms with Crippen LogP contribution in [0.4, 0.5) is 0 Å². The Labute approximate surface area is 240 Å². The molecule has 10 atom stereocenters. The summed E-state index contributed by atoms with van der Waals surface area (Å²) in [7, 11) is 1.23. The smallest absolute Gasteiger partial charge is 0.332 e. The van der Waals surface area contributed by atoms with E-state index < -0.39 is 92.4 Å². The number of hydroxylamine groups is 2. The van der Waals surface area contributed by atoms with Gasteiger partial charge in [0.15, 0.2) is 12.6 Å². The van der Waals surface area contributed by atoms with Crippen molar-refractivity contribution in [3.05, 3.63) is 0 Å². The fourth-order valence-corrected chi connectivity index (χ4v) is 4.12. The number of nitrogens with one attached hydrogen (secondary N) is 1. The number of hydrogen-bond donors (Lipinski definition) is 8. The number of aldehydes is 1. The number of aliphatic hydroxyl groups is 7. The van der Waals surface area contributed by atoms with Crippen molar-refractivity contribution < 1.29 is 78.7 Å². The minimum absolute atomic E-state index is 0.00306. The molecule has 2 heterocycles. The Morgan fingerprint density at radius 3 is 2.14 bits per heavy atom. The lowest BCUT2D eigenvalue weighted by Gasteiger charge is -2.45. The maximum absolute atomic E-state index is 12.1. The Morgan fingerprint density at radius 1 is 0.857 bits per heavy atom. The van der Waals surface area contributed by atoms with E-state index in [1.807, 2.05) is 0 Å². The van der Waals surface area contributed by atoms with Crippen LogP contribution in [-0.4, -0.2) is 160 Å². The van der Waals surface area contributed by atoms with Gasteiger partial charge in [0.25, 0.3) is 5.91 Å². The van der Waals surface area contributed by atoms with Crippen molar-refractivity contribution in [3.63, 3.8) is 0 Å². The first-order valence-electron chi connectivity index (χ1n) is 13.3. The van der Waals surface area contributed by atoms with Crippen molar-refractivity contribution in [1.82, 2.24) is 10.4 Å². The van der Waals surface area contributed by atoms with Crippen LogP contribution in [0.3, 0.4) is 0 Å². The van der Waals surface area contributed by atoms with Crippen LogP contribution in [0.1, 0.15) is 32.1 Å². The quantitative estimate of drug-likeness (QED) is 0.0488. The Kier molecular flexibility index (Phi) is 15.1. The highest BCUT2D eigenvalue weighted by Gasteiger charge is 2.50. The molecule has 0 radical (unpaired) electrons. The highest BCUT2D eigenvalue weighted by atomic mass is 16.7. The monoisotopic (exact) mass is 612 g/mol. The van der Waals surface area contributed by atoms with E-state index in [9.17, 15) is 54.9 Å². The van der Waals surface area contributed by atoms with E-state index in [1.165, 1.54) is 7.05 Å². The highest BCUT2D eigenvalue weighted by Crippen LogP contribution is 2.29. The van der Waals surface area contributed by atoms with Crippen LogP contribution in [0.25, 0.3) is 0 Å². The molecule has 0 aliphatic carbocycles. The van der Waals surface area contributed by atoms with Gasteiger partial charge < -0.3 is 69.6 Å². The molecule has 42 heavy (non-hydrogen) atoms. The molecule has 0 aromatic rings. The van der Waals surface area contributed by atoms with Crippen LogP contribution in [0, 0.1) is 0 Å². The van der Waals surface area contributed by atoms with Gasteiger partial charge in [0.2, 0.25) is 5.91 Å². The van der Waals surface area contributed by atoms with Gasteiger partial charge in [-0.3, -0.25) is 9.59 Å². The Morgan fingerprint density at radius 2 is 1.50 bits per heavy atom. The first kappa shape index (κ1) is 35.8. The van der Waals surface area contributed by atoms with Gasteiger partial charge in [0, 0.05) is 39.3 Å². The predicted octanol–water partition coefficient (Wildman–Crippen LogP) is -5.19. The lowest BCUT2D eigenvalue weighted by molar-refractivity contribution is -0.360. The van der Waals surface area contributed by atoms with Gasteiger partial charge >= 0.3 is 5.97 Å². The Balaban J connectivity index is 1.78. The number of carbonyl (C=O) groups is 4. The minimum atomic E-state index is -1.81. The Bertz CT molecular complexity index is 877. The topological polar surface area (TPSA) is 271 Å². The summed E-state index contributed by atoms with van der Waals surface area (Å²) in [5.74, 6) is -1.73. The number of ether oxygens (including phenoxy) is 4. The summed E-state index contributed by atoms with van der Waals surface area (Å²) < 4.78 is 21.5. The Hall–Kier alpha value is -2.36. The first-order valence-corrected chi connectivity index (χ1v) is 13.3. The van der Waals surface area contributed by atoms with Crippen LogP contribution in [0.15, 0.2) is 0 Å². The molecule has 2 rings (SSSR count). The molecule has 2 amide bonds. The van der Waals surface area contributed by atoms with Crippen molar-refractivity contribution in [2.24, 2.45) is 0 Å². The molecule has 2 saturated heterocycles. The number of rotatable bonds is 15. The fourth-order valence-electron chi connectivity index (χ4n) is 4.12. The van der Waals surface area contributed by atoms with Gasteiger partial charge in [-0.05, 0) is 6.42 Å². The summed E-state index contributed by atoms with van der Waals surface area (Å²) in [5, 5.41) is 73.5. The second-order valence-corrected chi connectivity index (χ2v) is 9.64. The molecule has 242 valence electrons. The first-order chi connectivity index (χ1) is 19.9. The molecular weight excluding hydrogens is 572 g/mol. The lowest BCUT2D eigenvalue weighted by Crippen LogP contribution is -2.64. The van der Waals surface area contributed by atoms with E-state index in [1.54, 1.807) is 0 Å².